The van der Waals surface area contributed by atoms with E-state index < -0.39 is 12.1 Å². The summed E-state index contributed by atoms with van der Waals surface area (Å²) in [6, 6.07) is 3.34. The number of hydrogen-bond acceptors (Lipinski definition) is 7. The summed E-state index contributed by atoms with van der Waals surface area (Å²) in [6.45, 7) is 6.32. The van der Waals surface area contributed by atoms with Crippen molar-refractivity contribution in [1.82, 2.24) is 9.78 Å². The van der Waals surface area contributed by atoms with Crippen molar-refractivity contribution in [2.75, 3.05) is 24.7 Å². The van der Waals surface area contributed by atoms with Gasteiger partial charge in [0.25, 0.3) is 0 Å². The summed E-state index contributed by atoms with van der Waals surface area (Å²) in [5, 5.41) is 5.07. The molecule has 2 aromatic heterocycles. The van der Waals surface area contributed by atoms with E-state index in [1.54, 1.807) is 30.8 Å². The Balaban J connectivity index is 1.95. The summed E-state index contributed by atoms with van der Waals surface area (Å²) >= 11 is 6.64. The molecule has 1 saturated heterocycles. The van der Waals surface area contributed by atoms with Crippen LogP contribution < -0.4 is 4.90 Å². The van der Waals surface area contributed by atoms with Crippen molar-refractivity contribution >= 4 is 40.3 Å². The van der Waals surface area contributed by atoms with Crippen LogP contribution in [0, 0.1) is 0 Å². The van der Waals surface area contributed by atoms with Crippen molar-refractivity contribution in [3.63, 3.8) is 0 Å². The van der Waals surface area contributed by atoms with Gasteiger partial charge in [-0.25, -0.2) is 9.59 Å². The van der Waals surface area contributed by atoms with Crippen LogP contribution in [-0.2, 0) is 21.3 Å². The molecule has 1 aliphatic heterocycles. The topological polar surface area (TPSA) is 96.0 Å². The standard InChI is InChI=1S/C25H30ClN3O6/c1-5-18-12-17(8-9-34-18)29(25(31)33-7-3)21-19-10-15(16-13-27-28(4)14-16)11-20(26)22(19)35-23(21)24(30)32-6-2/h10-11,13-14,17-18H,5-9,12H2,1-4H3/t17-,18-/m0/s1. The number of fused-ring (bicyclic) bond motifs is 1. The second-order valence-corrected chi connectivity index (χ2v) is 8.79. The summed E-state index contributed by atoms with van der Waals surface area (Å²) < 4.78 is 24.2. The maximum Gasteiger partial charge on any atom is 0.414 e. The van der Waals surface area contributed by atoms with Crippen molar-refractivity contribution in [2.45, 2.75) is 52.2 Å². The van der Waals surface area contributed by atoms with Crippen LogP contribution in [0.1, 0.15) is 50.6 Å². The molecule has 1 aromatic carbocycles. The molecule has 0 bridgehead atoms. The van der Waals surface area contributed by atoms with Gasteiger partial charge >= 0.3 is 12.1 Å². The average molecular weight is 504 g/mol. The highest BCUT2D eigenvalue weighted by Crippen LogP contribution is 2.43. The number of carbonyl (C=O) groups excluding carboxylic acids is 2. The highest BCUT2D eigenvalue weighted by atomic mass is 35.5. The number of carbonyl (C=O) groups is 2. The lowest BCUT2D eigenvalue weighted by Gasteiger charge is -2.36. The quantitative estimate of drug-likeness (QED) is 0.388. The molecule has 1 aliphatic rings. The third kappa shape index (κ3) is 5.01. The second-order valence-electron chi connectivity index (χ2n) is 8.39. The first-order chi connectivity index (χ1) is 16.9. The molecule has 0 saturated carbocycles. The molecule has 188 valence electrons. The van der Waals surface area contributed by atoms with Crippen LogP contribution in [0.3, 0.4) is 0 Å². The second kappa shape index (κ2) is 10.7. The number of halogens is 1. The maximum atomic E-state index is 13.4. The number of esters is 1. The average Bonchev–Trinajstić information content (AvgIpc) is 3.44. The van der Waals surface area contributed by atoms with E-state index in [4.69, 9.17) is 30.2 Å². The van der Waals surface area contributed by atoms with Crippen molar-refractivity contribution in [2.24, 2.45) is 7.05 Å². The fraction of sp³-hybridized carbons (Fsp3) is 0.480. The molecule has 3 aromatic rings. The monoisotopic (exact) mass is 503 g/mol. The van der Waals surface area contributed by atoms with Crippen molar-refractivity contribution in [1.29, 1.82) is 0 Å². The first-order valence-electron chi connectivity index (χ1n) is 11.9. The molecule has 0 aliphatic carbocycles. The Morgan fingerprint density at radius 3 is 2.63 bits per heavy atom. The Morgan fingerprint density at radius 1 is 1.20 bits per heavy atom. The smallest absolute Gasteiger partial charge is 0.414 e. The molecule has 10 heteroatoms. The fourth-order valence-corrected chi connectivity index (χ4v) is 4.71. The van der Waals surface area contributed by atoms with Crippen molar-refractivity contribution < 1.29 is 28.2 Å². The summed E-state index contributed by atoms with van der Waals surface area (Å²) in [5.74, 6) is -0.759. The first-order valence-corrected chi connectivity index (χ1v) is 12.2. The van der Waals surface area contributed by atoms with Gasteiger partial charge in [0, 0.05) is 36.8 Å². The van der Waals surface area contributed by atoms with E-state index in [2.05, 4.69) is 5.10 Å². The summed E-state index contributed by atoms with van der Waals surface area (Å²) in [4.78, 5) is 27.9. The Hall–Kier alpha value is -3.04. The fourth-order valence-electron chi connectivity index (χ4n) is 4.45. The Kier molecular flexibility index (Phi) is 7.66. The van der Waals surface area contributed by atoms with Crippen LogP contribution in [0.4, 0.5) is 10.5 Å². The van der Waals surface area contributed by atoms with E-state index in [0.29, 0.717) is 41.1 Å². The molecule has 9 nitrogen and oxygen atoms in total. The summed E-state index contributed by atoms with van der Waals surface area (Å²) in [6.07, 6.45) is 4.99. The van der Waals surface area contributed by atoms with Crippen LogP contribution in [0.5, 0.6) is 0 Å². The third-order valence-electron chi connectivity index (χ3n) is 6.08. The van der Waals surface area contributed by atoms with Gasteiger partial charge < -0.3 is 18.6 Å². The summed E-state index contributed by atoms with van der Waals surface area (Å²) in [5.41, 5.74) is 2.20. The molecule has 1 fully saturated rings. The molecule has 0 N–H and O–H groups in total. The van der Waals surface area contributed by atoms with Crippen molar-refractivity contribution in [3.05, 3.63) is 35.3 Å². The number of amides is 1. The lowest BCUT2D eigenvalue weighted by atomic mass is 9.98. The molecule has 1 amide bonds. The molecule has 3 heterocycles. The van der Waals surface area contributed by atoms with Crippen LogP contribution >= 0.6 is 11.6 Å². The van der Waals surface area contributed by atoms with Crippen LogP contribution in [0.25, 0.3) is 22.1 Å². The van der Waals surface area contributed by atoms with E-state index in [9.17, 15) is 9.59 Å². The van der Waals surface area contributed by atoms with E-state index in [-0.39, 0.29) is 31.1 Å². The van der Waals surface area contributed by atoms with Crippen LogP contribution in [0.15, 0.2) is 28.9 Å². The van der Waals surface area contributed by atoms with Gasteiger partial charge in [0.15, 0.2) is 5.58 Å². The predicted molar refractivity (Wildman–Crippen MR) is 132 cm³/mol. The number of aromatic nitrogens is 2. The lowest BCUT2D eigenvalue weighted by molar-refractivity contribution is 0.00465. The number of hydrogen-bond donors (Lipinski definition) is 0. The van der Waals surface area contributed by atoms with Crippen molar-refractivity contribution in [3.8, 4) is 11.1 Å². The first kappa shape index (κ1) is 25.1. The predicted octanol–water partition coefficient (Wildman–Crippen LogP) is 5.58. The van der Waals surface area contributed by atoms with Gasteiger partial charge in [-0.2, -0.15) is 5.10 Å². The van der Waals surface area contributed by atoms with Crippen LogP contribution in [0.2, 0.25) is 5.02 Å². The lowest BCUT2D eigenvalue weighted by Crippen LogP contribution is -2.46. The summed E-state index contributed by atoms with van der Waals surface area (Å²) in [7, 11) is 1.82. The van der Waals surface area contributed by atoms with E-state index in [1.807, 2.05) is 26.2 Å². The number of nitrogens with zero attached hydrogens (tertiary/aromatic N) is 3. The highest BCUT2D eigenvalue weighted by Gasteiger charge is 2.38. The number of aryl methyl sites for hydroxylation is 1. The molecular formula is C25H30ClN3O6. The molecule has 0 unspecified atom stereocenters. The molecule has 0 spiro atoms. The normalized spacial score (nSPS) is 18.0. The Bertz CT molecular complexity index is 1220. The zero-order chi connectivity index (χ0) is 25.1. The zero-order valence-corrected chi connectivity index (χ0v) is 21.1. The molecule has 0 radical (unpaired) electrons. The minimum absolute atomic E-state index is 0.00979. The van der Waals surface area contributed by atoms with Gasteiger partial charge in [-0.05, 0) is 50.8 Å². The Labute approximate surface area is 208 Å². The van der Waals surface area contributed by atoms with Crippen LogP contribution in [-0.4, -0.2) is 53.8 Å². The maximum absolute atomic E-state index is 13.4. The van der Waals surface area contributed by atoms with E-state index >= 15 is 0 Å². The van der Waals surface area contributed by atoms with Gasteiger partial charge in [0.1, 0.15) is 5.69 Å². The number of anilines is 1. The minimum Gasteiger partial charge on any atom is -0.460 e. The largest absolute Gasteiger partial charge is 0.460 e. The number of benzene rings is 1. The molecule has 35 heavy (non-hydrogen) atoms. The van der Waals surface area contributed by atoms with Gasteiger partial charge in [0.2, 0.25) is 5.76 Å². The molecule has 4 rings (SSSR count). The third-order valence-corrected chi connectivity index (χ3v) is 6.36. The van der Waals surface area contributed by atoms with Gasteiger partial charge in [-0.3, -0.25) is 9.58 Å². The Morgan fingerprint density at radius 2 is 1.97 bits per heavy atom. The number of rotatable bonds is 7. The highest BCUT2D eigenvalue weighted by molar-refractivity contribution is 6.36. The minimum atomic E-state index is -0.675. The van der Waals surface area contributed by atoms with E-state index in [1.165, 1.54) is 4.90 Å². The van der Waals surface area contributed by atoms with Gasteiger partial charge in [0.05, 0.1) is 30.5 Å². The number of furan rings is 1. The number of ether oxygens (including phenoxy) is 3. The van der Waals surface area contributed by atoms with E-state index in [0.717, 1.165) is 17.5 Å². The van der Waals surface area contributed by atoms with Gasteiger partial charge in [-0.1, -0.05) is 18.5 Å². The molecular weight excluding hydrogens is 474 g/mol. The SMILES string of the molecule is CCOC(=O)c1oc2c(Cl)cc(-c3cnn(C)c3)cc2c1N(C(=O)OCC)[C@H]1CCO[C@@H](CC)C1. The van der Waals surface area contributed by atoms with Gasteiger partial charge in [-0.15, -0.1) is 0 Å². The molecule has 2 atom stereocenters. The zero-order valence-electron chi connectivity index (χ0n) is 20.4.